The molecule has 3 N–H and O–H groups in total. The van der Waals surface area contributed by atoms with Gasteiger partial charge in [0.15, 0.2) is 0 Å². The topological polar surface area (TPSA) is 72.8 Å². The van der Waals surface area contributed by atoms with Crippen molar-refractivity contribution in [2.24, 2.45) is 17.8 Å². The molecule has 1 heterocycles. The predicted octanol–water partition coefficient (Wildman–Crippen LogP) is 3.42. The molecule has 1 amide bonds. The number of rotatable bonds is 11. The molecule has 5 nitrogen and oxygen atoms in total. The van der Waals surface area contributed by atoms with Gasteiger partial charge in [0, 0.05) is 38.5 Å². The minimum atomic E-state index is -0.393. The number of aliphatic hydroxyl groups is 2. The van der Waals surface area contributed by atoms with Crippen LogP contribution in [0.25, 0.3) is 0 Å². The quantitative estimate of drug-likeness (QED) is 0.355. The number of aliphatic hydroxyl groups excluding tert-OH is 2. The molecule has 1 saturated carbocycles. The maximum atomic E-state index is 12.3. The van der Waals surface area contributed by atoms with Crippen molar-refractivity contribution in [2.75, 3.05) is 26.2 Å². The number of hydrogen-bond donors (Lipinski definition) is 3. The van der Waals surface area contributed by atoms with Crippen molar-refractivity contribution in [1.29, 1.82) is 0 Å². The van der Waals surface area contributed by atoms with Crippen LogP contribution in [0.3, 0.4) is 0 Å². The van der Waals surface area contributed by atoms with E-state index in [1.165, 1.54) is 12.0 Å². The van der Waals surface area contributed by atoms with Crippen LogP contribution in [-0.2, 0) is 4.79 Å². The van der Waals surface area contributed by atoms with E-state index in [0.717, 1.165) is 77.5 Å². The van der Waals surface area contributed by atoms with E-state index in [2.05, 4.69) is 24.4 Å². The molecule has 170 valence electrons. The number of hydrogen-bond acceptors (Lipinski definition) is 4. The maximum absolute atomic E-state index is 12.3. The highest BCUT2D eigenvalue weighted by Crippen LogP contribution is 2.47. The third kappa shape index (κ3) is 6.66. The van der Waals surface area contributed by atoms with E-state index >= 15 is 0 Å². The van der Waals surface area contributed by atoms with Crippen molar-refractivity contribution in [3.05, 3.63) is 23.8 Å². The summed E-state index contributed by atoms with van der Waals surface area (Å²) in [5.74, 6) is 1.32. The summed E-state index contributed by atoms with van der Waals surface area (Å²) in [6.45, 7) is 5.60. The maximum Gasteiger partial charge on any atom is 0.223 e. The smallest absolute Gasteiger partial charge is 0.223 e. The van der Waals surface area contributed by atoms with Crippen LogP contribution in [0.15, 0.2) is 23.8 Å². The van der Waals surface area contributed by atoms with Gasteiger partial charge in [-0.15, -0.1) is 0 Å². The van der Waals surface area contributed by atoms with E-state index < -0.39 is 6.10 Å². The summed E-state index contributed by atoms with van der Waals surface area (Å²) in [7, 11) is 0. The van der Waals surface area contributed by atoms with Gasteiger partial charge in [0.1, 0.15) is 0 Å². The first-order chi connectivity index (χ1) is 14.6. The van der Waals surface area contributed by atoms with Gasteiger partial charge in [-0.05, 0) is 50.4 Å². The number of fused-ring (bicyclic) bond motifs is 1. The van der Waals surface area contributed by atoms with E-state index in [9.17, 15) is 15.0 Å². The van der Waals surface area contributed by atoms with Gasteiger partial charge in [0.25, 0.3) is 0 Å². The van der Waals surface area contributed by atoms with E-state index in [-0.39, 0.29) is 17.9 Å². The fourth-order valence-electron chi connectivity index (χ4n) is 5.44. The van der Waals surface area contributed by atoms with Gasteiger partial charge >= 0.3 is 0 Å². The molecule has 0 bridgehead atoms. The lowest BCUT2D eigenvalue weighted by atomic mass is 9.89. The van der Waals surface area contributed by atoms with Gasteiger partial charge in [0.05, 0.1) is 12.2 Å². The van der Waals surface area contributed by atoms with E-state index in [1.54, 1.807) is 0 Å². The summed E-state index contributed by atoms with van der Waals surface area (Å²) < 4.78 is 0. The van der Waals surface area contributed by atoms with Gasteiger partial charge < -0.3 is 20.4 Å². The molecule has 0 radical (unpaired) electrons. The summed E-state index contributed by atoms with van der Waals surface area (Å²) in [4.78, 5) is 14.3. The second kappa shape index (κ2) is 12.0. The van der Waals surface area contributed by atoms with Crippen molar-refractivity contribution < 1.29 is 15.0 Å². The highest BCUT2D eigenvalue weighted by atomic mass is 16.3. The molecule has 0 unspecified atom stereocenters. The monoisotopic (exact) mass is 418 g/mol. The number of carbonyl (C=O) groups excluding carboxylic acids is 1. The molecule has 0 aromatic heterocycles. The fraction of sp³-hybridized carbons (Fsp3) is 0.800. The van der Waals surface area contributed by atoms with Crippen molar-refractivity contribution in [1.82, 2.24) is 10.2 Å². The minimum absolute atomic E-state index is 0.144. The molecular weight excluding hydrogens is 376 g/mol. The fourth-order valence-corrected chi connectivity index (χ4v) is 5.44. The van der Waals surface area contributed by atoms with Crippen molar-refractivity contribution in [3.8, 4) is 0 Å². The van der Waals surface area contributed by atoms with Crippen molar-refractivity contribution in [3.63, 3.8) is 0 Å². The van der Waals surface area contributed by atoms with Crippen LogP contribution in [-0.4, -0.2) is 59.4 Å². The summed E-state index contributed by atoms with van der Waals surface area (Å²) in [6.07, 6.45) is 15.8. The van der Waals surface area contributed by atoms with E-state index in [1.807, 2.05) is 11.0 Å². The first-order valence-corrected chi connectivity index (χ1v) is 12.3. The number of nitrogens with one attached hydrogen (secondary N) is 1. The Hall–Kier alpha value is -1.17. The second-order valence-electron chi connectivity index (χ2n) is 9.55. The molecular formula is C25H42N2O3. The zero-order valence-corrected chi connectivity index (χ0v) is 18.8. The summed E-state index contributed by atoms with van der Waals surface area (Å²) in [6, 6.07) is 0. The average molecular weight is 419 g/mol. The molecule has 2 fully saturated rings. The van der Waals surface area contributed by atoms with Gasteiger partial charge in [-0.3, -0.25) is 4.79 Å². The Balaban J connectivity index is 1.37. The van der Waals surface area contributed by atoms with Crippen LogP contribution in [0.1, 0.15) is 71.1 Å². The lowest BCUT2D eigenvalue weighted by Gasteiger charge is -2.26. The Labute approximate surface area is 182 Å². The standard InChI is InChI=1S/C25H42N2O3/c1-2-3-5-8-21(28)9-10-22-23-16-19(15-20(23)17-24(22)29)18-26-12-11-25(30)27-13-6-4-7-14-27/h9-10,15,20-24,26,28-29H,2-8,11-14,16-18H2,1H3/t20-,21-,22+,23-,24+/m0/s1. The minimum Gasteiger partial charge on any atom is -0.392 e. The van der Waals surface area contributed by atoms with Crippen LogP contribution < -0.4 is 5.32 Å². The van der Waals surface area contributed by atoms with E-state index in [4.69, 9.17) is 0 Å². The SMILES string of the molecule is CCCCC[C@H](O)C=C[C@@H]1[C@H]2CC(CNCCC(=O)N3CCCCC3)=C[C@H]2C[C@H]1O. The third-order valence-electron chi connectivity index (χ3n) is 7.19. The number of amides is 1. The Morgan fingerprint density at radius 2 is 2.10 bits per heavy atom. The summed E-state index contributed by atoms with van der Waals surface area (Å²) in [5.41, 5.74) is 1.41. The van der Waals surface area contributed by atoms with Crippen LogP contribution in [0, 0.1) is 17.8 Å². The van der Waals surface area contributed by atoms with Crippen LogP contribution in [0.5, 0.6) is 0 Å². The number of likely N-dealkylation sites (tertiary alicyclic amines) is 1. The number of nitrogens with zero attached hydrogens (tertiary/aromatic N) is 1. The van der Waals surface area contributed by atoms with Gasteiger partial charge in [-0.1, -0.05) is 50.0 Å². The molecule has 5 heteroatoms. The zero-order chi connectivity index (χ0) is 21.3. The average Bonchev–Trinajstić information content (AvgIpc) is 3.26. The molecule has 0 aromatic rings. The largest absolute Gasteiger partial charge is 0.392 e. The van der Waals surface area contributed by atoms with Crippen molar-refractivity contribution >= 4 is 5.91 Å². The molecule has 3 aliphatic rings. The van der Waals surface area contributed by atoms with Gasteiger partial charge in [-0.2, -0.15) is 0 Å². The molecule has 0 spiro atoms. The number of unbranched alkanes of at least 4 members (excludes halogenated alkanes) is 2. The lowest BCUT2D eigenvalue weighted by molar-refractivity contribution is -0.131. The Kier molecular flexibility index (Phi) is 9.41. The van der Waals surface area contributed by atoms with Crippen LogP contribution in [0.2, 0.25) is 0 Å². The lowest BCUT2D eigenvalue weighted by Crippen LogP contribution is -2.37. The normalized spacial score (nSPS) is 30.0. The van der Waals surface area contributed by atoms with Crippen LogP contribution >= 0.6 is 0 Å². The van der Waals surface area contributed by atoms with Crippen molar-refractivity contribution in [2.45, 2.75) is 83.3 Å². The third-order valence-corrected chi connectivity index (χ3v) is 7.19. The Morgan fingerprint density at radius 3 is 2.87 bits per heavy atom. The van der Waals surface area contributed by atoms with Crippen LogP contribution in [0.4, 0.5) is 0 Å². The molecule has 0 aromatic carbocycles. The molecule has 1 aliphatic heterocycles. The zero-order valence-electron chi connectivity index (χ0n) is 18.8. The molecule has 3 rings (SSSR count). The highest BCUT2D eigenvalue weighted by Gasteiger charge is 2.43. The van der Waals surface area contributed by atoms with E-state index in [0.29, 0.717) is 18.3 Å². The van der Waals surface area contributed by atoms with Gasteiger partial charge in [-0.25, -0.2) is 0 Å². The Morgan fingerprint density at radius 1 is 1.30 bits per heavy atom. The molecule has 1 saturated heterocycles. The molecule has 2 aliphatic carbocycles. The Bertz CT molecular complexity index is 597. The number of allylic oxidation sites excluding steroid dienone is 1. The molecule has 30 heavy (non-hydrogen) atoms. The number of piperidine rings is 1. The number of carbonyl (C=O) groups is 1. The molecule has 5 atom stereocenters. The summed E-state index contributed by atoms with van der Waals surface area (Å²) in [5, 5.41) is 24.1. The predicted molar refractivity (Wildman–Crippen MR) is 121 cm³/mol. The second-order valence-corrected chi connectivity index (χ2v) is 9.55. The van der Waals surface area contributed by atoms with Gasteiger partial charge in [0.2, 0.25) is 5.91 Å². The summed E-state index contributed by atoms with van der Waals surface area (Å²) >= 11 is 0. The highest BCUT2D eigenvalue weighted by molar-refractivity contribution is 5.76. The first-order valence-electron chi connectivity index (χ1n) is 12.3. The first kappa shape index (κ1) is 23.5.